The third-order valence-corrected chi connectivity index (χ3v) is 4.77. The van der Waals surface area contributed by atoms with Crippen LogP contribution in [0.2, 0.25) is 0 Å². The molecular weight excluding hydrogens is 421 g/mol. The maximum atomic E-state index is 13.9. The molecule has 1 aromatic heterocycles. The van der Waals surface area contributed by atoms with Crippen LogP contribution in [0.1, 0.15) is 21.5 Å². The van der Waals surface area contributed by atoms with Crippen molar-refractivity contribution in [1.82, 2.24) is 14.9 Å². The Labute approximate surface area is 182 Å². The van der Waals surface area contributed by atoms with Crippen LogP contribution in [0.15, 0.2) is 52.2 Å². The lowest BCUT2D eigenvalue weighted by Gasteiger charge is -2.14. The molecule has 2 aromatic carbocycles. The lowest BCUT2D eigenvalue weighted by atomic mass is 10.1. The second-order valence-corrected chi connectivity index (χ2v) is 6.71. The molecule has 168 valence electrons. The minimum atomic E-state index is -0.834. The SMILES string of the molecule is COc1cc(CNC(=O)c2c[nH]c(=O)n(Cc3ccccc3F)c2=O)cc(OC)c1OC. The number of carbonyl (C=O) groups is 1. The number of halogens is 1. The molecule has 0 aliphatic rings. The van der Waals surface area contributed by atoms with E-state index in [-0.39, 0.29) is 24.2 Å². The molecule has 0 atom stereocenters. The lowest BCUT2D eigenvalue weighted by Crippen LogP contribution is -2.40. The molecule has 0 spiro atoms. The van der Waals surface area contributed by atoms with Crippen LogP contribution < -0.4 is 30.8 Å². The van der Waals surface area contributed by atoms with Crippen LogP contribution in [-0.2, 0) is 13.1 Å². The van der Waals surface area contributed by atoms with E-state index in [4.69, 9.17) is 14.2 Å². The van der Waals surface area contributed by atoms with Gasteiger partial charge in [-0.3, -0.25) is 14.2 Å². The van der Waals surface area contributed by atoms with Gasteiger partial charge < -0.3 is 24.5 Å². The molecule has 32 heavy (non-hydrogen) atoms. The Morgan fingerprint density at radius 1 is 1.06 bits per heavy atom. The quantitative estimate of drug-likeness (QED) is 0.548. The Morgan fingerprint density at radius 3 is 2.31 bits per heavy atom. The van der Waals surface area contributed by atoms with E-state index in [0.717, 1.165) is 10.8 Å². The van der Waals surface area contributed by atoms with Gasteiger partial charge in [-0.25, -0.2) is 9.18 Å². The molecule has 9 nitrogen and oxygen atoms in total. The monoisotopic (exact) mass is 443 g/mol. The predicted octanol–water partition coefficient (Wildman–Crippen LogP) is 1.68. The summed E-state index contributed by atoms with van der Waals surface area (Å²) < 4.78 is 30.5. The van der Waals surface area contributed by atoms with Gasteiger partial charge in [0.2, 0.25) is 5.75 Å². The number of nitrogens with zero attached hydrogens (tertiary/aromatic N) is 1. The maximum absolute atomic E-state index is 13.9. The summed E-state index contributed by atoms with van der Waals surface area (Å²) in [4.78, 5) is 39.9. The van der Waals surface area contributed by atoms with Gasteiger partial charge in [0.05, 0.1) is 27.9 Å². The molecule has 10 heteroatoms. The Bertz CT molecular complexity index is 1230. The second-order valence-electron chi connectivity index (χ2n) is 6.71. The largest absolute Gasteiger partial charge is 0.493 e. The number of aromatic nitrogens is 2. The molecule has 0 aliphatic heterocycles. The number of methoxy groups -OCH3 is 3. The van der Waals surface area contributed by atoms with E-state index in [1.807, 2.05) is 0 Å². The number of aromatic amines is 1. The van der Waals surface area contributed by atoms with E-state index in [1.165, 1.54) is 39.5 Å². The smallest absolute Gasteiger partial charge is 0.328 e. The van der Waals surface area contributed by atoms with Gasteiger partial charge in [-0.05, 0) is 23.8 Å². The number of hydrogen-bond donors (Lipinski definition) is 2. The molecular formula is C22H22FN3O6. The van der Waals surface area contributed by atoms with Crippen molar-refractivity contribution in [3.8, 4) is 17.2 Å². The van der Waals surface area contributed by atoms with Crippen LogP contribution in [0.4, 0.5) is 4.39 Å². The van der Waals surface area contributed by atoms with Crippen LogP contribution in [0, 0.1) is 5.82 Å². The molecule has 1 amide bonds. The Kier molecular flexibility index (Phi) is 6.93. The van der Waals surface area contributed by atoms with E-state index in [0.29, 0.717) is 22.8 Å². The van der Waals surface area contributed by atoms with Gasteiger partial charge in [-0.2, -0.15) is 0 Å². The summed E-state index contributed by atoms with van der Waals surface area (Å²) in [5.41, 5.74) is -1.09. The number of rotatable bonds is 8. The highest BCUT2D eigenvalue weighted by Gasteiger charge is 2.17. The van der Waals surface area contributed by atoms with Gasteiger partial charge in [0, 0.05) is 18.3 Å². The van der Waals surface area contributed by atoms with E-state index < -0.39 is 23.0 Å². The highest BCUT2D eigenvalue weighted by Crippen LogP contribution is 2.38. The summed E-state index contributed by atoms with van der Waals surface area (Å²) in [5.74, 6) is -0.0418. The van der Waals surface area contributed by atoms with Crippen LogP contribution in [-0.4, -0.2) is 36.8 Å². The van der Waals surface area contributed by atoms with Crippen molar-refractivity contribution in [3.63, 3.8) is 0 Å². The predicted molar refractivity (Wildman–Crippen MR) is 114 cm³/mol. The summed E-state index contributed by atoms with van der Waals surface area (Å²) in [6, 6.07) is 9.08. The van der Waals surface area contributed by atoms with Gasteiger partial charge in [-0.1, -0.05) is 18.2 Å². The molecule has 0 fully saturated rings. The standard InChI is InChI=1S/C22H22FN3O6/c1-30-17-8-13(9-18(31-2)19(17)32-3)10-24-20(27)15-11-25-22(29)26(21(15)28)12-14-6-4-5-7-16(14)23/h4-9,11H,10,12H2,1-3H3,(H,24,27)(H,25,29). The number of amides is 1. The van der Waals surface area contributed by atoms with Gasteiger partial charge in [0.25, 0.3) is 11.5 Å². The summed E-state index contributed by atoms with van der Waals surface area (Å²) in [6.45, 7) is -0.268. The molecule has 0 unspecified atom stereocenters. The van der Waals surface area contributed by atoms with Gasteiger partial charge in [0.1, 0.15) is 11.4 Å². The maximum Gasteiger partial charge on any atom is 0.328 e. The van der Waals surface area contributed by atoms with E-state index >= 15 is 0 Å². The first-order valence-electron chi connectivity index (χ1n) is 9.52. The summed E-state index contributed by atoms with van der Waals surface area (Å²) in [6.07, 6.45) is 1.03. The van der Waals surface area contributed by atoms with Crippen LogP contribution in [0.3, 0.4) is 0 Å². The normalized spacial score (nSPS) is 10.5. The zero-order valence-corrected chi connectivity index (χ0v) is 17.7. The fourth-order valence-electron chi connectivity index (χ4n) is 3.13. The molecule has 3 rings (SSSR count). The van der Waals surface area contributed by atoms with Gasteiger partial charge in [0.15, 0.2) is 11.5 Å². The third-order valence-electron chi connectivity index (χ3n) is 4.77. The van der Waals surface area contributed by atoms with Crippen LogP contribution in [0.5, 0.6) is 17.2 Å². The Balaban J connectivity index is 1.84. The summed E-state index contributed by atoms with van der Waals surface area (Å²) >= 11 is 0. The Hall–Kier alpha value is -4.08. The molecule has 0 saturated carbocycles. The van der Waals surface area contributed by atoms with Crippen LogP contribution >= 0.6 is 0 Å². The lowest BCUT2D eigenvalue weighted by molar-refractivity contribution is 0.0948. The first-order valence-corrected chi connectivity index (χ1v) is 9.52. The van der Waals surface area contributed by atoms with Gasteiger partial charge in [-0.15, -0.1) is 0 Å². The fourth-order valence-corrected chi connectivity index (χ4v) is 3.13. The van der Waals surface area contributed by atoms with Crippen molar-refractivity contribution in [2.24, 2.45) is 0 Å². The first kappa shape index (κ1) is 22.6. The molecule has 3 aromatic rings. The molecule has 0 radical (unpaired) electrons. The first-order chi connectivity index (χ1) is 15.4. The fraction of sp³-hybridized carbons (Fsp3) is 0.227. The number of ether oxygens (including phenoxy) is 3. The second kappa shape index (κ2) is 9.82. The highest BCUT2D eigenvalue weighted by atomic mass is 19.1. The van der Waals surface area contributed by atoms with Crippen molar-refractivity contribution in [2.45, 2.75) is 13.1 Å². The molecule has 0 aliphatic carbocycles. The summed E-state index contributed by atoms with van der Waals surface area (Å²) in [5, 5.41) is 2.62. The highest BCUT2D eigenvalue weighted by molar-refractivity contribution is 5.93. The van der Waals surface area contributed by atoms with Crippen molar-refractivity contribution >= 4 is 5.91 Å². The van der Waals surface area contributed by atoms with E-state index in [2.05, 4.69) is 10.3 Å². The number of benzene rings is 2. The minimum absolute atomic E-state index is 0.0431. The molecule has 2 N–H and O–H groups in total. The minimum Gasteiger partial charge on any atom is -0.493 e. The number of nitrogens with one attached hydrogen (secondary N) is 2. The molecule has 0 saturated heterocycles. The van der Waals surface area contributed by atoms with E-state index in [1.54, 1.807) is 18.2 Å². The van der Waals surface area contributed by atoms with Crippen molar-refractivity contribution < 1.29 is 23.4 Å². The number of H-pyrrole nitrogens is 1. The number of hydrogen-bond acceptors (Lipinski definition) is 6. The van der Waals surface area contributed by atoms with Crippen molar-refractivity contribution in [1.29, 1.82) is 0 Å². The zero-order chi connectivity index (χ0) is 23.3. The topological polar surface area (TPSA) is 112 Å². The van der Waals surface area contributed by atoms with Crippen molar-refractivity contribution in [2.75, 3.05) is 21.3 Å². The zero-order valence-electron chi connectivity index (χ0n) is 17.7. The number of carbonyl (C=O) groups excluding carboxylic acids is 1. The van der Waals surface area contributed by atoms with Gasteiger partial charge >= 0.3 is 5.69 Å². The third kappa shape index (κ3) is 4.64. The van der Waals surface area contributed by atoms with Crippen LogP contribution in [0.25, 0.3) is 0 Å². The average molecular weight is 443 g/mol. The molecule has 0 bridgehead atoms. The molecule has 1 heterocycles. The Morgan fingerprint density at radius 2 is 1.72 bits per heavy atom. The average Bonchev–Trinajstić information content (AvgIpc) is 2.80. The summed E-state index contributed by atoms with van der Waals surface area (Å²) in [7, 11) is 4.42. The van der Waals surface area contributed by atoms with Crippen molar-refractivity contribution in [3.05, 3.63) is 85.9 Å². The van der Waals surface area contributed by atoms with E-state index in [9.17, 15) is 18.8 Å².